The minimum absolute atomic E-state index is 0.262. The second-order valence-electron chi connectivity index (χ2n) is 3.98. The lowest BCUT2D eigenvalue weighted by Crippen LogP contribution is -2.20. The third-order valence-corrected chi connectivity index (χ3v) is 3.97. The number of thiazole rings is 1. The predicted octanol–water partition coefficient (Wildman–Crippen LogP) is 1.78. The fraction of sp³-hybridized carbons (Fsp3) is 0.250. The van der Waals surface area contributed by atoms with Crippen LogP contribution in [0.3, 0.4) is 0 Å². The Labute approximate surface area is 111 Å². The summed E-state index contributed by atoms with van der Waals surface area (Å²) in [6.07, 6.45) is 3.78. The molecule has 0 fully saturated rings. The molecule has 0 aliphatic carbocycles. The summed E-state index contributed by atoms with van der Waals surface area (Å²) < 4.78 is 24.4. The lowest BCUT2D eigenvalue weighted by Gasteiger charge is -1.98. The van der Waals surface area contributed by atoms with E-state index in [-0.39, 0.29) is 6.54 Å². The molecule has 0 amide bonds. The van der Waals surface area contributed by atoms with Crippen LogP contribution in [0.4, 0.5) is 0 Å². The van der Waals surface area contributed by atoms with E-state index in [1.54, 1.807) is 6.20 Å². The highest BCUT2D eigenvalue weighted by atomic mass is 32.2. The second-order valence-corrected chi connectivity index (χ2v) is 7.01. The van der Waals surface area contributed by atoms with E-state index >= 15 is 0 Å². The highest BCUT2D eigenvalue weighted by Gasteiger charge is 2.06. The van der Waals surface area contributed by atoms with Gasteiger partial charge in [-0.1, -0.05) is 30.3 Å². The average Bonchev–Trinajstić information content (AvgIpc) is 2.75. The number of aromatic nitrogens is 1. The van der Waals surface area contributed by atoms with Crippen LogP contribution >= 0.6 is 11.3 Å². The van der Waals surface area contributed by atoms with Gasteiger partial charge in [0.1, 0.15) is 5.01 Å². The van der Waals surface area contributed by atoms with E-state index in [1.165, 1.54) is 16.9 Å². The van der Waals surface area contributed by atoms with Crippen molar-refractivity contribution >= 4 is 21.4 Å². The Balaban J connectivity index is 1.98. The van der Waals surface area contributed by atoms with Gasteiger partial charge in [-0.25, -0.2) is 18.1 Å². The van der Waals surface area contributed by atoms with Gasteiger partial charge in [0.15, 0.2) is 0 Å². The summed E-state index contributed by atoms with van der Waals surface area (Å²) in [5.74, 6) is 0. The Hall–Kier alpha value is -1.24. The molecule has 0 bridgehead atoms. The number of nitrogens with one attached hydrogen (secondary N) is 1. The zero-order valence-corrected chi connectivity index (χ0v) is 11.6. The molecule has 1 aromatic heterocycles. The largest absolute Gasteiger partial charge is 0.248 e. The molecule has 2 aromatic rings. The van der Waals surface area contributed by atoms with Gasteiger partial charge in [0.25, 0.3) is 0 Å². The first-order valence-electron chi connectivity index (χ1n) is 5.45. The van der Waals surface area contributed by atoms with Gasteiger partial charge >= 0.3 is 0 Å². The molecular weight excluding hydrogens is 268 g/mol. The van der Waals surface area contributed by atoms with Gasteiger partial charge in [-0.05, 0) is 5.56 Å². The quantitative estimate of drug-likeness (QED) is 0.909. The Morgan fingerprint density at radius 2 is 2.00 bits per heavy atom. The molecule has 2 rings (SSSR count). The van der Waals surface area contributed by atoms with Crippen molar-refractivity contribution in [3.05, 3.63) is 52.0 Å². The molecule has 0 aliphatic heterocycles. The van der Waals surface area contributed by atoms with Gasteiger partial charge in [-0.15, -0.1) is 11.3 Å². The second kappa shape index (κ2) is 5.60. The number of hydrogen-bond donors (Lipinski definition) is 1. The molecule has 18 heavy (non-hydrogen) atoms. The van der Waals surface area contributed by atoms with Crippen LogP contribution in [0.5, 0.6) is 0 Å². The highest BCUT2D eigenvalue weighted by molar-refractivity contribution is 7.88. The maximum atomic E-state index is 11.0. The molecule has 1 N–H and O–H groups in total. The zero-order valence-electron chi connectivity index (χ0n) is 9.96. The van der Waals surface area contributed by atoms with Crippen molar-refractivity contribution in [3.63, 3.8) is 0 Å². The van der Waals surface area contributed by atoms with Crippen LogP contribution in [0.1, 0.15) is 15.4 Å². The van der Waals surface area contributed by atoms with E-state index in [1.807, 2.05) is 18.2 Å². The summed E-state index contributed by atoms with van der Waals surface area (Å²) in [4.78, 5) is 5.34. The molecule has 0 spiro atoms. The van der Waals surface area contributed by atoms with E-state index in [2.05, 4.69) is 21.8 Å². The third-order valence-electron chi connectivity index (χ3n) is 2.31. The molecular formula is C12H14N2O2S2. The SMILES string of the molecule is CS(=O)(=O)NCc1ncc(Cc2ccccc2)s1. The maximum Gasteiger partial charge on any atom is 0.209 e. The van der Waals surface area contributed by atoms with Crippen molar-refractivity contribution < 1.29 is 8.42 Å². The minimum Gasteiger partial charge on any atom is -0.248 e. The first-order chi connectivity index (χ1) is 8.53. The summed E-state index contributed by atoms with van der Waals surface area (Å²) in [6, 6.07) is 10.1. The Morgan fingerprint density at radius 3 is 2.67 bits per heavy atom. The molecule has 0 atom stereocenters. The number of hydrogen-bond acceptors (Lipinski definition) is 4. The van der Waals surface area contributed by atoms with Crippen LogP contribution in [0.25, 0.3) is 0 Å². The summed E-state index contributed by atoms with van der Waals surface area (Å²) in [5.41, 5.74) is 1.23. The van der Waals surface area contributed by atoms with Crippen LogP contribution in [-0.4, -0.2) is 19.7 Å². The number of nitrogens with zero attached hydrogens (tertiary/aromatic N) is 1. The monoisotopic (exact) mass is 282 g/mol. The smallest absolute Gasteiger partial charge is 0.209 e. The summed E-state index contributed by atoms with van der Waals surface area (Å²) >= 11 is 1.53. The van der Waals surface area contributed by atoms with Crippen molar-refractivity contribution in [2.24, 2.45) is 0 Å². The average molecular weight is 282 g/mol. The normalized spacial score (nSPS) is 11.6. The van der Waals surface area contributed by atoms with E-state index < -0.39 is 10.0 Å². The van der Waals surface area contributed by atoms with E-state index in [9.17, 15) is 8.42 Å². The van der Waals surface area contributed by atoms with Crippen molar-refractivity contribution in [2.75, 3.05) is 6.26 Å². The highest BCUT2D eigenvalue weighted by Crippen LogP contribution is 2.17. The first-order valence-corrected chi connectivity index (χ1v) is 8.16. The Kier molecular flexibility index (Phi) is 4.11. The maximum absolute atomic E-state index is 11.0. The molecule has 0 aliphatic rings. The number of rotatable bonds is 5. The number of benzene rings is 1. The summed E-state index contributed by atoms with van der Waals surface area (Å²) in [6.45, 7) is 0.262. The van der Waals surface area contributed by atoms with E-state index in [4.69, 9.17) is 0 Å². The minimum atomic E-state index is -3.16. The van der Waals surface area contributed by atoms with Crippen LogP contribution < -0.4 is 4.72 Å². The molecule has 0 radical (unpaired) electrons. The van der Waals surface area contributed by atoms with Gasteiger partial charge in [-0.3, -0.25) is 0 Å². The zero-order chi connectivity index (χ0) is 13.0. The van der Waals surface area contributed by atoms with E-state index in [0.717, 1.165) is 22.6 Å². The topological polar surface area (TPSA) is 59.1 Å². The number of sulfonamides is 1. The molecule has 4 nitrogen and oxygen atoms in total. The van der Waals surface area contributed by atoms with Gasteiger partial charge in [-0.2, -0.15) is 0 Å². The fourth-order valence-electron chi connectivity index (χ4n) is 1.50. The summed E-state index contributed by atoms with van der Waals surface area (Å²) in [5, 5.41) is 0.784. The molecule has 6 heteroatoms. The van der Waals surface area contributed by atoms with Gasteiger partial charge in [0, 0.05) is 17.5 Å². The molecule has 0 unspecified atom stereocenters. The van der Waals surface area contributed by atoms with Gasteiger partial charge in [0.05, 0.1) is 12.8 Å². The fourth-order valence-corrected chi connectivity index (χ4v) is 2.89. The molecule has 0 saturated heterocycles. The lowest BCUT2D eigenvalue weighted by molar-refractivity contribution is 0.587. The van der Waals surface area contributed by atoms with Crippen molar-refractivity contribution in [3.8, 4) is 0 Å². The first kappa shape index (κ1) is 13.2. The lowest BCUT2D eigenvalue weighted by atomic mass is 10.1. The van der Waals surface area contributed by atoms with Crippen molar-refractivity contribution in [1.82, 2.24) is 9.71 Å². The summed E-state index contributed by atoms with van der Waals surface area (Å²) in [7, 11) is -3.16. The molecule has 0 saturated carbocycles. The van der Waals surface area contributed by atoms with Crippen LogP contribution in [0.15, 0.2) is 36.5 Å². The third kappa shape index (κ3) is 4.21. The van der Waals surface area contributed by atoms with Crippen molar-refractivity contribution in [1.29, 1.82) is 0 Å². The van der Waals surface area contributed by atoms with Crippen molar-refractivity contribution in [2.45, 2.75) is 13.0 Å². The van der Waals surface area contributed by atoms with Crippen LogP contribution in [0.2, 0.25) is 0 Å². The predicted molar refractivity (Wildman–Crippen MR) is 73.0 cm³/mol. The van der Waals surface area contributed by atoms with Gasteiger partial charge in [0.2, 0.25) is 10.0 Å². The standard InChI is InChI=1S/C12H14N2O2S2/c1-18(15,16)14-9-12-13-8-11(17-12)7-10-5-3-2-4-6-10/h2-6,8,14H,7,9H2,1H3. The molecule has 1 heterocycles. The van der Waals surface area contributed by atoms with Crippen LogP contribution in [-0.2, 0) is 23.0 Å². The Bertz CT molecular complexity index is 606. The Morgan fingerprint density at radius 1 is 1.28 bits per heavy atom. The van der Waals surface area contributed by atoms with Crippen LogP contribution in [0, 0.1) is 0 Å². The van der Waals surface area contributed by atoms with Gasteiger partial charge < -0.3 is 0 Å². The molecule has 1 aromatic carbocycles. The molecule has 96 valence electrons. The van der Waals surface area contributed by atoms with E-state index in [0.29, 0.717) is 0 Å².